The van der Waals surface area contributed by atoms with Crippen molar-refractivity contribution < 1.29 is 42.5 Å². The summed E-state index contributed by atoms with van der Waals surface area (Å²) in [6.07, 6.45) is 1.07. The van der Waals surface area contributed by atoms with Crippen molar-refractivity contribution in [2.45, 2.75) is 12.8 Å². The first kappa shape index (κ1) is 12.9. The second-order valence-corrected chi connectivity index (χ2v) is 4.62. The van der Waals surface area contributed by atoms with Gasteiger partial charge in [-0.2, -0.15) is 0 Å². The molecular formula is C10H9NaO3S. The monoisotopic (exact) mass is 232 g/mol. The summed E-state index contributed by atoms with van der Waals surface area (Å²) >= 11 is 0. The van der Waals surface area contributed by atoms with Crippen molar-refractivity contribution in [2.75, 3.05) is 0 Å². The maximum Gasteiger partial charge on any atom is 1.00 e. The first-order valence-corrected chi connectivity index (χ1v) is 5.73. The Kier molecular flexibility index (Phi) is 4.14. The first-order valence-electron chi connectivity index (χ1n) is 4.32. The minimum atomic E-state index is -4.23. The third kappa shape index (κ3) is 2.71. The minimum Gasteiger partial charge on any atom is -0.744 e. The van der Waals surface area contributed by atoms with Gasteiger partial charge in [-0.05, 0) is 24.0 Å². The molecule has 1 aliphatic rings. The van der Waals surface area contributed by atoms with Crippen molar-refractivity contribution >= 4 is 15.7 Å². The van der Waals surface area contributed by atoms with Gasteiger partial charge in [-0.3, -0.25) is 0 Å². The molecule has 0 aromatic heterocycles. The summed E-state index contributed by atoms with van der Waals surface area (Å²) in [6, 6.07) is 9.15. The molecule has 0 saturated carbocycles. The van der Waals surface area contributed by atoms with E-state index in [4.69, 9.17) is 0 Å². The molecule has 0 atom stereocenters. The van der Waals surface area contributed by atoms with Gasteiger partial charge < -0.3 is 4.55 Å². The summed E-state index contributed by atoms with van der Waals surface area (Å²) in [6.45, 7) is 0. The fourth-order valence-corrected chi connectivity index (χ4v) is 2.45. The van der Waals surface area contributed by atoms with Crippen molar-refractivity contribution in [1.29, 1.82) is 0 Å². The molecule has 0 saturated heterocycles. The van der Waals surface area contributed by atoms with Crippen molar-refractivity contribution in [1.82, 2.24) is 0 Å². The van der Waals surface area contributed by atoms with Crippen LogP contribution in [0, 0.1) is 0 Å². The predicted octanol–water partition coefficient (Wildman–Crippen LogP) is -1.26. The molecular weight excluding hydrogens is 223 g/mol. The van der Waals surface area contributed by atoms with E-state index in [9.17, 15) is 13.0 Å². The number of benzene rings is 1. The van der Waals surface area contributed by atoms with E-state index in [0.29, 0.717) is 18.4 Å². The molecule has 0 unspecified atom stereocenters. The fraction of sp³-hybridized carbons (Fsp3) is 0.200. The van der Waals surface area contributed by atoms with E-state index in [-0.39, 0.29) is 34.5 Å². The molecule has 0 N–H and O–H groups in total. The van der Waals surface area contributed by atoms with Crippen LogP contribution in [0.15, 0.2) is 35.2 Å². The van der Waals surface area contributed by atoms with Crippen LogP contribution in [0.2, 0.25) is 0 Å². The normalized spacial score (nSPS) is 15.5. The number of allylic oxidation sites excluding steroid dienone is 2. The summed E-state index contributed by atoms with van der Waals surface area (Å²) in [7, 11) is -4.23. The van der Waals surface area contributed by atoms with E-state index in [1.54, 1.807) is 0 Å². The molecule has 1 aromatic rings. The zero-order chi connectivity index (χ0) is 10.2. The quantitative estimate of drug-likeness (QED) is 0.472. The molecule has 5 heteroatoms. The number of hydrogen-bond acceptors (Lipinski definition) is 3. The van der Waals surface area contributed by atoms with Crippen molar-refractivity contribution in [3.8, 4) is 0 Å². The summed E-state index contributed by atoms with van der Waals surface area (Å²) in [5.41, 5.74) is 1.52. The van der Waals surface area contributed by atoms with Gasteiger partial charge in [0.25, 0.3) is 0 Å². The van der Waals surface area contributed by atoms with Gasteiger partial charge in [0.2, 0.25) is 0 Å². The van der Waals surface area contributed by atoms with Crippen molar-refractivity contribution in [3.63, 3.8) is 0 Å². The van der Waals surface area contributed by atoms with Gasteiger partial charge in [0.05, 0.1) is 0 Å². The smallest absolute Gasteiger partial charge is 0.744 e. The van der Waals surface area contributed by atoms with Gasteiger partial charge in [0.15, 0.2) is 0 Å². The maximum absolute atomic E-state index is 10.8. The van der Waals surface area contributed by atoms with Gasteiger partial charge >= 0.3 is 29.6 Å². The molecule has 0 aliphatic heterocycles. The van der Waals surface area contributed by atoms with Crippen LogP contribution in [0.4, 0.5) is 0 Å². The third-order valence-corrected chi connectivity index (χ3v) is 3.42. The molecule has 0 fully saturated rings. The second kappa shape index (κ2) is 4.80. The van der Waals surface area contributed by atoms with Crippen molar-refractivity contribution in [3.05, 3.63) is 40.8 Å². The first-order chi connectivity index (χ1) is 6.59. The van der Waals surface area contributed by atoms with Gasteiger partial charge in [-0.1, -0.05) is 30.3 Å². The van der Waals surface area contributed by atoms with Crippen LogP contribution in [0.5, 0.6) is 0 Å². The topological polar surface area (TPSA) is 57.2 Å². The zero-order valence-corrected chi connectivity index (χ0v) is 11.3. The standard InChI is InChI=1S/C10H10O3S.Na/c11-14(12,13)10-7-6-9(10)8-4-2-1-3-5-8;/h1-5H,6-7H2,(H,11,12,13);/q;+1/p-1. The predicted molar refractivity (Wildman–Crippen MR) is 52.3 cm³/mol. The average Bonchev–Trinajstić information content (AvgIpc) is 2.00. The van der Waals surface area contributed by atoms with Crippen molar-refractivity contribution in [2.24, 2.45) is 0 Å². The van der Waals surface area contributed by atoms with E-state index in [1.807, 2.05) is 30.3 Å². The summed E-state index contributed by atoms with van der Waals surface area (Å²) in [4.78, 5) is 0.0590. The van der Waals surface area contributed by atoms with Gasteiger partial charge in [0.1, 0.15) is 10.1 Å². The molecule has 74 valence electrons. The largest absolute Gasteiger partial charge is 1.00 e. The minimum absolute atomic E-state index is 0. The van der Waals surface area contributed by atoms with Crippen LogP contribution >= 0.6 is 0 Å². The van der Waals surface area contributed by atoms with Crippen LogP contribution in [0.3, 0.4) is 0 Å². The van der Waals surface area contributed by atoms with E-state index >= 15 is 0 Å². The molecule has 0 amide bonds. The SMILES string of the molecule is O=S(=O)([O-])C1=C(c2ccccc2)CC1.[Na+]. The Bertz CT molecular complexity index is 477. The molecule has 15 heavy (non-hydrogen) atoms. The molecule has 0 bridgehead atoms. The van der Waals surface area contributed by atoms with E-state index in [0.717, 1.165) is 5.56 Å². The van der Waals surface area contributed by atoms with Crippen LogP contribution in [-0.2, 0) is 10.1 Å². The second-order valence-electron chi connectivity index (χ2n) is 3.22. The Labute approximate surface area is 111 Å². The van der Waals surface area contributed by atoms with E-state index in [2.05, 4.69) is 0 Å². The number of hydrogen-bond donors (Lipinski definition) is 0. The molecule has 0 radical (unpaired) electrons. The van der Waals surface area contributed by atoms with Crippen LogP contribution in [0.1, 0.15) is 18.4 Å². The Morgan fingerprint density at radius 3 is 2.07 bits per heavy atom. The van der Waals surface area contributed by atoms with Gasteiger partial charge in [-0.15, -0.1) is 0 Å². The Hall–Kier alpha value is -0.130. The average molecular weight is 232 g/mol. The molecule has 0 heterocycles. The summed E-state index contributed by atoms with van der Waals surface area (Å²) in [5, 5.41) is 0. The van der Waals surface area contributed by atoms with Gasteiger partial charge in [-0.25, -0.2) is 8.42 Å². The molecule has 2 rings (SSSR count). The Morgan fingerprint density at radius 1 is 1.07 bits per heavy atom. The van der Waals surface area contributed by atoms with Crippen LogP contribution < -0.4 is 29.6 Å². The van der Waals surface area contributed by atoms with Gasteiger partial charge in [0, 0.05) is 4.91 Å². The molecule has 3 nitrogen and oxygen atoms in total. The number of rotatable bonds is 2. The zero-order valence-electron chi connectivity index (χ0n) is 8.43. The van der Waals surface area contributed by atoms with Crippen LogP contribution in [-0.4, -0.2) is 13.0 Å². The summed E-state index contributed by atoms with van der Waals surface area (Å²) in [5.74, 6) is 0. The van der Waals surface area contributed by atoms with E-state index < -0.39 is 10.1 Å². The third-order valence-electron chi connectivity index (χ3n) is 2.36. The molecule has 1 aromatic carbocycles. The van der Waals surface area contributed by atoms with E-state index in [1.165, 1.54) is 0 Å². The summed E-state index contributed by atoms with van der Waals surface area (Å²) < 4.78 is 32.4. The fourth-order valence-electron chi connectivity index (χ4n) is 1.57. The Balaban J connectivity index is 0.00000112. The Morgan fingerprint density at radius 2 is 1.67 bits per heavy atom. The van der Waals surface area contributed by atoms with Crippen LogP contribution in [0.25, 0.3) is 5.57 Å². The maximum atomic E-state index is 10.8. The molecule has 0 spiro atoms. The molecule has 1 aliphatic carbocycles.